The Morgan fingerprint density at radius 3 is 2.62 bits per heavy atom. The summed E-state index contributed by atoms with van der Waals surface area (Å²) in [5.41, 5.74) is 1.79. The lowest BCUT2D eigenvalue weighted by atomic mass is 10.2. The van der Waals surface area contributed by atoms with Gasteiger partial charge in [-0.1, -0.05) is 36.5 Å². The number of fused-ring (bicyclic) bond motifs is 1. The number of benzene rings is 2. The highest BCUT2D eigenvalue weighted by Gasteiger charge is 2.12. The molecule has 0 fully saturated rings. The van der Waals surface area contributed by atoms with Crippen LogP contribution in [0.4, 0.5) is 5.69 Å². The van der Waals surface area contributed by atoms with Gasteiger partial charge in [0.25, 0.3) is 11.5 Å². The fourth-order valence-corrected chi connectivity index (χ4v) is 3.94. The van der Waals surface area contributed by atoms with E-state index in [-0.39, 0.29) is 24.7 Å². The maximum Gasteiger partial charge on any atom is 0.338 e. The van der Waals surface area contributed by atoms with Gasteiger partial charge in [-0.05, 0) is 49.2 Å². The summed E-state index contributed by atoms with van der Waals surface area (Å²) in [6.07, 6.45) is 0.702. The third kappa shape index (κ3) is 5.46. The number of hydrogen-bond acceptors (Lipinski definition) is 8. The third-order valence-corrected chi connectivity index (χ3v) is 5.90. The Balaban J connectivity index is 1.31. The molecule has 0 saturated carbocycles. The molecule has 9 nitrogen and oxygen atoms in total. The molecule has 4 aromatic rings. The lowest BCUT2D eigenvalue weighted by molar-refractivity contribution is -0.118. The van der Waals surface area contributed by atoms with Gasteiger partial charge < -0.3 is 14.8 Å². The van der Waals surface area contributed by atoms with Crippen LogP contribution in [0, 0.1) is 6.92 Å². The molecule has 2 aromatic heterocycles. The maximum absolute atomic E-state index is 12.4. The number of rotatable bonds is 8. The second-order valence-corrected chi connectivity index (χ2v) is 8.43. The third-order valence-electron chi connectivity index (χ3n) is 4.85. The lowest BCUT2D eigenvalue weighted by Gasteiger charge is -2.10. The SMILES string of the molecule is CCc1nn2c(=O)cc(COC(=O)c3ccc(NC(=O)COc4ccccc4C)cc3)nc2s1. The fraction of sp³-hybridized carbons (Fsp3) is 0.208. The standard InChI is InChI=1S/C24H22N4O5S/c1-3-21-27-28-22(30)12-18(26-24(28)34-21)13-33-23(31)16-8-10-17(11-9-16)25-20(29)14-32-19-7-5-4-6-15(19)2/h4-12H,3,13-14H2,1-2H3,(H,25,29). The van der Waals surface area contributed by atoms with Crippen molar-refractivity contribution in [3.63, 3.8) is 0 Å². The van der Waals surface area contributed by atoms with Gasteiger partial charge in [0.2, 0.25) is 4.96 Å². The summed E-state index contributed by atoms with van der Waals surface area (Å²) in [6.45, 7) is 3.57. The minimum atomic E-state index is -0.568. The van der Waals surface area contributed by atoms with Crippen molar-refractivity contribution in [2.24, 2.45) is 0 Å². The van der Waals surface area contributed by atoms with E-state index >= 15 is 0 Å². The highest BCUT2D eigenvalue weighted by Crippen LogP contribution is 2.17. The van der Waals surface area contributed by atoms with Gasteiger partial charge in [0.1, 0.15) is 17.4 Å². The Morgan fingerprint density at radius 1 is 1.12 bits per heavy atom. The van der Waals surface area contributed by atoms with Gasteiger partial charge in [-0.2, -0.15) is 9.61 Å². The molecule has 0 spiro atoms. The highest BCUT2D eigenvalue weighted by atomic mass is 32.1. The van der Waals surface area contributed by atoms with E-state index in [1.54, 1.807) is 30.3 Å². The molecule has 0 aliphatic carbocycles. The number of carbonyl (C=O) groups is 2. The van der Waals surface area contributed by atoms with Gasteiger partial charge >= 0.3 is 5.97 Å². The molecular formula is C24H22N4O5S. The molecule has 2 heterocycles. The zero-order valence-corrected chi connectivity index (χ0v) is 19.4. The Bertz CT molecular complexity index is 1390. The molecule has 0 aliphatic rings. The van der Waals surface area contributed by atoms with Crippen LogP contribution in [0.5, 0.6) is 5.75 Å². The predicted octanol–water partition coefficient (Wildman–Crippen LogP) is 3.40. The molecule has 0 unspecified atom stereocenters. The van der Waals surface area contributed by atoms with Crippen molar-refractivity contribution in [3.05, 3.63) is 86.8 Å². The van der Waals surface area contributed by atoms with Crippen LogP contribution in [0.1, 0.15) is 33.5 Å². The molecule has 0 atom stereocenters. The van der Waals surface area contributed by atoms with E-state index in [4.69, 9.17) is 9.47 Å². The molecule has 1 amide bonds. The number of ether oxygens (including phenoxy) is 2. The number of hydrogen-bond donors (Lipinski definition) is 1. The smallest absolute Gasteiger partial charge is 0.338 e. The molecule has 0 bridgehead atoms. The van der Waals surface area contributed by atoms with Crippen LogP contribution in [-0.2, 0) is 22.6 Å². The van der Waals surface area contributed by atoms with E-state index in [1.807, 2.05) is 32.0 Å². The second-order valence-electron chi connectivity index (χ2n) is 7.39. The Morgan fingerprint density at radius 2 is 1.88 bits per heavy atom. The highest BCUT2D eigenvalue weighted by molar-refractivity contribution is 7.16. The first-order chi connectivity index (χ1) is 16.4. The van der Waals surface area contributed by atoms with Gasteiger partial charge in [-0.25, -0.2) is 9.78 Å². The summed E-state index contributed by atoms with van der Waals surface area (Å²) < 4.78 is 12.1. The molecule has 10 heteroatoms. The van der Waals surface area contributed by atoms with Crippen molar-refractivity contribution in [2.45, 2.75) is 26.9 Å². The van der Waals surface area contributed by atoms with Crippen LogP contribution in [0.2, 0.25) is 0 Å². The summed E-state index contributed by atoms with van der Waals surface area (Å²) in [4.78, 5) is 41.5. The zero-order chi connectivity index (χ0) is 24.1. The molecular weight excluding hydrogens is 456 g/mol. The number of amides is 1. The van der Waals surface area contributed by atoms with Crippen molar-refractivity contribution in [2.75, 3.05) is 11.9 Å². The molecule has 34 heavy (non-hydrogen) atoms. The number of nitrogens with one attached hydrogen (secondary N) is 1. The number of carbonyl (C=O) groups excluding carboxylic acids is 2. The number of aryl methyl sites for hydroxylation is 2. The largest absolute Gasteiger partial charge is 0.483 e. The number of esters is 1. The van der Waals surface area contributed by atoms with Crippen LogP contribution in [0.25, 0.3) is 4.96 Å². The van der Waals surface area contributed by atoms with Crippen LogP contribution in [-0.4, -0.2) is 33.1 Å². The van der Waals surface area contributed by atoms with Crippen LogP contribution in [0.3, 0.4) is 0 Å². The van der Waals surface area contributed by atoms with Gasteiger partial charge in [-0.15, -0.1) is 0 Å². The number of nitrogens with zero attached hydrogens (tertiary/aromatic N) is 3. The first kappa shape index (κ1) is 23.1. The van der Waals surface area contributed by atoms with Gasteiger partial charge in [0, 0.05) is 11.8 Å². The molecule has 0 aliphatic heterocycles. The normalized spacial score (nSPS) is 10.8. The molecule has 0 saturated heterocycles. The van der Waals surface area contributed by atoms with E-state index in [2.05, 4.69) is 15.4 Å². The molecule has 174 valence electrons. The van der Waals surface area contributed by atoms with Gasteiger partial charge in [0.15, 0.2) is 6.61 Å². The van der Waals surface area contributed by atoms with Crippen LogP contribution < -0.4 is 15.6 Å². The summed E-state index contributed by atoms with van der Waals surface area (Å²) in [7, 11) is 0. The minimum absolute atomic E-state index is 0.133. The molecule has 0 radical (unpaired) electrons. The van der Waals surface area contributed by atoms with Crippen molar-refractivity contribution < 1.29 is 19.1 Å². The van der Waals surface area contributed by atoms with E-state index in [0.29, 0.717) is 34.1 Å². The number of anilines is 1. The van der Waals surface area contributed by atoms with Crippen molar-refractivity contribution in [1.82, 2.24) is 14.6 Å². The van der Waals surface area contributed by atoms with Crippen molar-refractivity contribution in [3.8, 4) is 5.75 Å². The zero-order valence-electron chi connectivity index (χ0n) is 18.6. The average Bonchev–Trinajstić information content (AvgIpc) is 3.26. The molecule has 1 N–H and O–H groups in total. The first-order valence-corrected chi connectivity index (χ1v) is 11.4. The molecule has 2 aromatic carbocycles. The van der Waals surface area contributed by atoms with Crippen molar-refractivity contribution >= 4 is 33.9 Å². The summed E-state index contributed by atoms with van der Waals surface area (Å²) in [5, 5.41) is 7.71. The summed E-state index contributed by atoms with van der Waals surface area (Å²) in [6, 6.07) is 15.0. The van der Waals surface area contributed by atoms with Crippen LogP contribution in [0.15, 0.2) is 59.4 Å². The maximum atomic E-state index is 12.4. The van der Waals surface area contributed by atoms with E-state index in [1.165, 1.54) is 21.9 Å². The Kier molecular flexibility index (Phi) is 6.98. The topological polar surface area (TPSA) is 112 Å². The quantitative estimate of drug-likeness (QED) is 0.386. The minimum Gasteiger partial charge on any atom is -0.483 e. The average molecular weight is 479 g/mol. The summed E-state index contributed by atoms with van der Waals surface area (Å²) in [5.74, 6) is -0.241. The van der Waals surface area contributed by atoms with Gasteiger partial charge in [0.05, 0.1) is 11.3 Å². The predicted molar refractivity (Wildman–Crippen MR) is 127 cm³/mol. The Hall–Kier alpha value is -4.05. The van der Waals surface area contributed by atoms with E-state index in [0.717, 1.165) is 10.6 Å². The number of aromatic nitrogens is 3. The molecule has 4 rings (SSSR count). The first-order valence-electron chi connectivity index (χ1n) is 10.6. The van der Waals surface area contributed by atoms with Crippen LogP contribution >= 0.6 is 11.3 Å². The lowest BCUT2D eigenvalue weighted by Crippen LogP contribution is -2.20. The number of para-hydroxylation sites is 1. The summed E-state index contributed by atoms with van der Waals surface area (Å²) >= 11 is 1.32. The fourth-order valence-electron chi connectivity index (χ4n) is 3.08. The Labute approximate surface area is 199 Å². The monoisotopic (exact) mass is 478 g/mol. The van der Waals surface area contributed by atoms with E-state index in [9.17, 15) is 14.4 Å². The van der Waals surface area contributed by atoms with E-state index < -0.39 is 5.97 Å². The van der Waals surface area contributed by atoms with Crippen molar-refractivity contribution in [1.29, 1.82) is 0 Å². The second kappa shape index (κ2) is 10.3. The van der Waals surface area contributed by atoms with Gasteiger partial charge in [-0.3, -0.25) is 9.59 Å².